The second kappa shape index (κ2) is 14.8. The van der Waals surface area contributed by atoms with E-state index in [4.69, 9.17) is 15.2 Å². The fraction of sp³-hybridized carbons (Fsp3) is 0.538. The van der Waals surface area contributed by atoms with Gasteiger partial charge in [0.2, 0.25) is 23.6 Å². The van der Waals surface area contributed by atoms with E-state index in [2.05, 4.69) is 36.7 Å². The Bertz CT molecular complexity index is 1190. The number of carbonyl (C=O) groups is 6. The normalized spacial score (nSPS) is 17.8. The van der Waals surface area contributed by atoms with Crippen LogP contribution in [0.15, 0.2) is 18.2 Å². The van der Waals surface area contributed by atoms with E-state index in [0.29, 0.717) is 5.75 Å². The molecule has 41 heavy (non-hydrogen) atoms. The Kier molecular flexibility index (Phi) is 11.7. The molecule has 0 aliphatic carbocycles. The Balaban J connectivity index is 1.35. The smallest absolute Gasteiger partial charge is 0.264 e. The van der Waals surface area contributed by atoms with Crippen molar-refractivity contribution in [3.63, 3.8) is 0 Å². The van der Waals surface area contributed by atoms with Crippen molar-refractivity contribution in [3.05, 3.63) is 29.3 Å². The number of nitrogens with zero attached hydrogens (tertiary/aromatic N) is 1. The van der Waals surface area contributed by atoms with E-state index >= 15 is 0 Å². The van der Waals surface area contributed by atoms with E-state index in [1.807, 2.05) is 0 Å². The summed E-state index contributed by atoms with van der Waals surface area (Å²) in [6, 6.07) is 2.70. The lowest BCUT2D eigenvalue weighted by atomic mass is 10.0. The standard InChI is InChI=1S/C26H35N5O8S2/c1-26(2,3)41-40-14-16(27)22(34)28-9-10-38-11-12-39-13-20(33)29-17-6-4-5-15-21(17)25(37)31(24(15)36)18-7-8-19(32)30-23(18)35/h4-6,16,18H,7-14,27H2,1-3H3,(H,28,34)(H,29,33)(H,30,32,35)/t16-,18?/m1/s1. The monoisotopic (exact) mass is 609 g/mol. The van der Waals surface area contributed by atoms with Crippen LogP contribution in [0, 0.1) is 0 Å². The number of carbonyl (C=O) groups excluding carboxylic acids is 6. The second-order valence-corrected chi connectivity index (χ2v) is 13.4. The second-order valence-electron chi connectivity index (χ2n) is 10.3. The van der Waals surface area contributed by atoms with Crippen LogP contribution in [0.5, 0.6) is 0 Å². The summed E-state index contributed by atoms with van der Waals surface area (Å²) in [5, 5.41) is 7.42. The molecule has 15 heteroatoms. The maximum Gasteiger partial charge on any atom is 0.264 e. The Labute approximate surface area is 245 Å². The van der Waals surface area contributed by atoms with Crippen molar-refractivity contribution >= 4 is 62.7 Å². The number of ether oxygens (including phenoxy) is 2. The number of nitrogens with one attached hydrogen (secondary N) is 3. The van der Waals surface area contributed by atoms with Gasteiger partial charge in [-0.15, -0.1) is 0 Å². The minimum absolute atomic E-state index is 0.00759. The third-order valence-electron chi connectivity index (χ3n) is 5.79. The van der Waals surface area contributed by atoms with E-state index in [-0.39, 0.29) is 73.3 Å². The molecule has 2 aliphatic rings. The zero-order chi connectivity index (χ0) is 30.2. The molecule has 1 aromatic rings. The fourth-order valence-electron chi connectivity index (χ4n) is 3.93. The van der Waals surface area contributed by atoms with Crippen LogP contribution in [0.2, 0.25) is 0 Å². The van der Waals surface area contributed by atoms with Crippen molar-refractivity contribution in [1.82, 2.24) is 15.5 Å². The quantitative estimate of drug-likeness (QED) is 0.132. The zero-order valence-electron chi connectivity index (χ0n) is 23.2. The van der Waals surface area contributed by atoms with Gasteiger partial charge < -0.3 is 25.8 Å². The molecule has 0 radical (unpaired) electrons. The number of benzene rings is 1. The number of rotatable bonds is 14. The van der Waals surface area contributed by atoms with E-state index in [9.17, 15) is 28.8 Å². The zero-order valence-corrected chi connectivity index (χ0v) is 24.8. The summed E-state index contributed by atoms with van der Waals surface area (Å²) in [6.07, 6.45) is 0.0390. The van der Waals surface area contributed by atoms with Gasteiger partial charge in [0.05, 0.1) is 42.7 Å². The van der Waals surface area contributed by atoms with Gasteiger partial charge in [-0.1, -0.05) is 48.4 Å². The molecule has 1 aromatic carbocycles. The summed E-state index contributed by atoms with van der Waals surface area (Å²) in [5.41, 5.74) is 6.05. The molecule has 6 amide bonds. The third-order valence-corrected chi connectivity index (χ3v) is 9.16. The van der Waals surface area contributed by atoms with Crippen molar-refractivity contribution < 1.29 is 38.2 Å². The highest BCUT2D eigenvalue weighted by molar-refractivity contribution is 8.77. The van der Waals surface area contributed by atoms with Crippen LogP contribution < -0.4 is 21.7 Å². The SMILES string of the molecule is CC(C)(C)SSC[C@@H](N)C(=O)NCCOCCOCC(=O)Nc1cccc2c1C(=O)N(C1CCC(=O)NC1=O)C2=O. The molecule has 1 fully saturated rings. The molecule has 1 unspecified atom stereocenters. The maximum absolute atomic E-state index is 13.1. The highest BCUT2D eigenvalue weighted by Gasteiger charge is 2.45. The Morgan fingerprint density at radius 2 is 1.85 bits per heavy atom. The average Bonchev–Trinajstić information content (AvgIpc) is 3.15. The summed E-state index contributed by atoms with van der Waals surface area (Å²) in [6.45, 7) is 6.75. The number of piperidine rings is 1. The number of imide groups is 2. The molecule has 2 atom stereocenters. The topological polar surface area (TPSA) is 186 Å². The lowest BCUT2D eigenvalue weighted by molar-refractivity contribution is -0.136. The molecule has 2 heterocycles. The largest absolute Gasteiger partial charge is 0.377 e. The van der Waals surface area contributed by atoms with Crippen molar-refractivity contribution in [1.29, 1.82) is 0 Å². The van der Waals surface area contributed by atoms with Gasteiger partial charge in [0.15, 0.2) is 0 Å². The highest BCUT2D eigenvalue weighted by atomic mass is 33.1. The van der Waals surface area contributed by atoms with Crippen LogP contribution >= 0.6 is 21.6 Å². The minimum Gasteiger partial charge on any atom is -0.377 e. The first-order valence-electron chi connectivity index (χ1n) is 13.0. The molecule has 3 rings (SSSR count). The summed E-state index contributed by atoms with van der Waals surface area (Å²) in [7, 11) is 3.22. The summed E-state index contributed by atoms with van der Waals surface area (Å²) in [5.74, 6) is -2.88. The number of amides is 6. The van der Waals surface area contributed by atoms with Crippen LogP contribution in [0.25, 0.3) is 0 Å². The van der Waals surface area contributed by atoms with Gasteiger partial charge in [-0.25, -0.2) is 0 Å². The Morgan fingerprint density at radius 1 is 1.12 bits per heavy atom. The van der Waals surface area contributed by atoms with Crippen molar-refractivity contribution in [3.8, 4) is 0 Å². The Hall–Kier alpha value is -2.98. The first-order valence-corrected chi connectivity index (χ1v) is 15.3. The summed E-state index contributed by atoms with van der Waals surface area (Å²) >= 11 is 0. The molecular formula is C26H35N5O8S2. The molecule has 0 bridgehead atoms. The summed E-state index contributed by atoms with van der Waals surface area (Å²) in [4.78, 5) is 75.0. The van der Waals surface area contributed by atoms with Gasteiger partial charge in [-0.05, 0) is 18.6 Å². The van der Waals surface area contributed by atoms with Crippen LogP contribution in [-0.4, -0.2) is 95.9 Å². The van der Waals surface area contributed by atoms with Crippen LogP contribution in [0.3, 0.4) is 0 Å². The number of fused-ring (bicyclic) bond motifs is 1. The molecule has 2 aliphatic heterocycles. The lowest BCUT2D eigenvalue weighted by Gasteiger charge is -2.27. The van der Waals surface area contributed by atoms with E-state index in [0.717, 1.165) is 4.90 Å². The maximum atomic E-state index is 13.1. The van der Waals surface area contributed by atoms with Crippen molar-refractivity contribution in [2.75, 3.05) is 44.0 Å². The molecule has 0 spiro atoms. The number of hydrogen-bond donors (Lipinski definition) is 4. The van der Waals surface area contributed by atoms with Gasteiger partial charge in [0.25, 0.3) is 11.8 Å². The molecule has 0 saturated carbocycles. The van der Waals surface area contributed by atoms with E-state index in [1.165, 1.54) is 18.2 Å². The van der Waals surface area contributed by atoms with Crippen LogP contribution in [0.4, 0.5) is 5.69 Å². The first-order chi connectivity index (χ1) is 19.4. The van der Waals surface area contributed by atoms with Gasteiger partial charge >= 0.3 is 0 Å². The van der Waals surface area contributed by atoms with Crippen LogP contribution in [0.1, 0.15) is 54.3 Å². The minimum atomic E-state index is -1.10. The number of anilines is 1. The van der Waals surface area contributed by atoms with Crippen LogP contribution in [-0.2, 0) is 28.7 Å². The van der Waals surface area contributed by atoms with E-state index < -0.39 is 41.6 Å². The molecular weight excluding hydrogens is 574 g/mol. The third kappa shape index (κ3) is 9.26. The molecule has 0 aromatic heterocycles. The lowest BCUT2D eigenvalue weighted by Crippen LogP contribution is -2.54. The average molecular weight is 610 g/mol. The predicted molar refractivity (Wildman–Crippen MR) is 154 cm³/mol. The highest BCUT2D eigenvalue weighted by Crippen LogP contribution is 2.35. The van der Waals surface area contributed by atoms with Gasteiger partial charge in [-0.2, -0.15) is 0 Å². The first kappa shape index (κ1) is 32.5. The molecule has 1 saturated heterocycles. The van der Waals surface area contributed by atoms with Crippen molar-refractivity contribution in [2.24, 2.45) is 5.73 Å². The van der Waals surface area contributed by atoms with Crippen molar-refractivity contribution in [2.45, 2.75) is 50.4 Å². The Morgan fingerprint density at radius 3 is 2.56 bits per heavy atom. The summed E-state index contributed by atoms with van der Waals surface area (Å²) < 4.78 is 10.8. The fourth-order valence-corrected chi connectivity index (χ4v) is 6.35. The molecule has 13 nitrogen and oxygen atoms in total. The van der Waals surface area contributed by atoms with Gasteiger partial charge in [0, 0.05) is 23.5 Å². The number of nitrogens with two attached hydrogens (primary N) is 1. The van der Waals surface area contributed by atoms with Gasteiger partial charge in [0.1, 0.15) is 12.6 Å². The molecule has 5 N–H and O–H groups in total. The van der Waals surface area contributed by atoms with Gasteiger partial charge in [-0.3, -0.25) is 39.0 Å². The number of hydrogen-bond acceptors (Lipinski definition) is 11. The molecule has 224 valence electrons. The predicted octanol–water partition coefficient (Wildman–Crippen LogP) is 0.683. The van der Waals surface area contributed by atoms with E-state index in [1.54, 1.807) is 21.6 Å².